The lowest BCUT2D eigenvalue weighted by Crippen LogP contribution is -2.57. The summed E-state index contributed by atoms with van der Waals surface area (Å²) in [6.07, 6.45) is -2.69. The molecule has 1 aromatic rings. The van der Waals surface area contributed by atoms with Crippen LogP contribution >= 0.6 is 0 Å². The molecule has 3 fully saturated rings. The summed E-state index contributed by atoms with van der Waals surface area (Å²) in [5, 5.41) is 0. The number of benzene rings is 1. The molecule has 0 N–H and O–H groups in total. The van der Waals surface area contributed by atoms with Gasteiger partial charge in [-0.1, -0.05) is 17.7 Å². The van der Waals surface area contributed by atoms with Crippen LogP contribution in [0, 0.1) is 6.92 Å². The predicted molar refractivity (Wildman–Crippen MR) is 96.8 cm³/mol. The van der Waals surface area contributed by atoms with Crippen molar-refractivity contribution in [2.75, 3.05) is 6.61 Å². The van der Waals surface area contributed by atoms with E-state index < -0.39 is 52.4 Å². The third-order valence-corrected chi connectivity index (χ3v) is 6.24. The lowest BCUT2D eigenvalue weighted by Gasteiger charge is -2.43. The van der Waals surface area contributed by atoms with Gasteiger partial charge < -0.3 is 23.7 Å². The van der Waals surface area contributed by atoms with Crippen molar-refractivity contribution in [3.63, 3.8) is 0 Å². The van der Waals surface area contributed by atoms with Gasteiger partial charge in [-0.15, -0.1) is 0 Å². The van der Waals surface area contributed by atoms with Crippen LogP contribution in [0.3, 0.4) is 0 Å². The Balaban J connectivity index is 1.49. The van der Waals surface area contributed by atoms with Gasteiger partial charge in [0, 0.05) is 0 Å². The maximum absolute atomic E-state index is 12.5. The molecule has 5 atom stereocenters. The number of hydrogen-bond acceptors (Lipinski definition) is 8. The average molecular weight is 414 g/mol. The normalized spacial score (nSPS) is 36.1. The van der Waals surface area contributed by atoms with Crippen LogP contribution in [0.2, 0.25) is 0 Å². The van der Waals surface area contributed by atoms with E-state index in [2.05, 4.69) is 0 Å². The van der Waals surface area contributed by atoms with Gasteiger partial charge in [-0.05, 0) is 46.8 Å². The summed E-state index contributed by atoms with van der Waals surface area (Å²) in [5.74, 6) is -1.72. The molecule has 0 spiro atoms. The van der Waals surface area contributed by atoms with Crippen molar-refractivity contribution in [2.45, 2.75) is 81.8 Å². The first-order valence-electron chi connectivity index (χ1n) is 9.29. The molecule has 4 rings (SSSR count). The quantitative estimate of drug-likeness (QED) is 0.692. The second-order valence-electron chi connectivity index (χ2n) is 8.26. The Kier molecular flexibility index (Phi) is 4.86. The fourth-order valence-corrected chi connectivity index (χ4v) is 4.70. The molecule has 3 heterocycles. The van der Waals surface area contributed by atoms with Crippen LogP contribution in [-0.4, -0.2) is 57.3 Å². The van der Waals surface area contributed by atoms with Gasteiger partial charge in [0.15, 0.2) is 17.9 Å². The largest absolute Gasteiger partial charge is 0.342 e. The van der Waals surface area contributed by atoms with E-state index in [1.807, 2.05) is 20.8 Å². The summed E-state index contributed by atoms with van der Waals surface area (Å²) < 4.78 is 59.9. The highest BCUT2D eigenvalue weighted by molar-refractivity contribution is 7.86. The monoisotopic (exact) mass is 414 g/mol. The standard InChI is InChI=1S/C19H26O8S/c1-11-6-8-12(9-7-11)28(20,21)22-10-13-14-15(25-18(2,3)24-13)16-17(23-14)27-19(4,5)26-16/h6-9,13-17H,10H2,1-5H3/t13?,14-,15-,16?,17-/m1/s1. The number of hydrogen-bond donors (Lipinski definition) is 0. The molecule has 0 amide bonds. The minimum absolute atomic E-state index is 0.0959. The molecule has 2 unspecified atom stereocenters. The van der Waals surface area contributed by atoms with Gasteiger partial charge in [0.25, 0.3) is 10.1 Å². The Hall–Kier alpha value is -1.07. The summed E-state index contributed by atoms with van der Waals surface area (Å²) in [6.45, 7) is 8.83. The van der Waals surface area contributed by atoms with Crippen LogP contribution in [-0.2, 0) is 38.0 Å². The van der Waals surface area contributed by atoms with Crippen molar-refractivity contribution in [3.8, 4) is 0 Å². The van der Waals surface area contributed by atoms with Gasteiger partial charge in [-0.3, -0.25) is 4.18 Å². The smallest absolute Gasteiger partial charge is 0.297 e. The fourth-order valence-electron chi connectivity index (χ4n) is 3.78. The Morgan fingerprint density at radius 1 is 0.893 bits per heavy atom. The lowest BCUT2D eigenvalue weighted by molar-refractivity contribution is -0.346. The van der Waals surface area contributed by atoms with Crippen LogP contribution in [0.1, 0.15) is 33.3 Å². The second kappa shape index (κ2) is 6.73. The van der Waals surface area contributed by atoms with E-state index in [1.165, 1.54) is 12.1 Å². The molecule has 1 aromatic carbocycles. The molecule has 0 aliphatic carbocycles. The Labute approximate surface area is 165 Å². The topological polar surface area (TPSA) is 89.5 Å². The van der Waals surface area contributed by atoms with E-state index in [-0.39, 0.29) is 11.5 Å². The summed E-state index contributed by atoms with van der Waals surface area (Å²) in [6, 6.07) is 6.47. The molecule has 9 heteroatoms. The fraction of sp³-hybridized carbons (Fsp3) is 0.684. The van der Waals surface area contributed by atoms with Crippen LogP contribution in [0.4, 0.5) is 0 Å². The molecule has 28 heavy (non-hydrogen) atoms. The molecular weight excluding hydrogens is 388 g/mol. The van der Waals surface area contributed by atoms with Gasteiger partial charge in [-0.2, -0.15) is 8.42 Å². The summed E-state index contributed by atoms with van der Waals surface area (Å²) in [7, 11) is -3.92. The Morgan fingerprint density at radius 3 is 2.18 bits per heavy atom. The predicted octanol–water partition coefficient (Wildman–Crippen LogP) is 2.10. The van der Waals surface area contributed by atoms with Crippen LogP contribution in [0.25, 0.3) is 0 Å². The van der Waals surface area contributed by atoms with E-state index in [9.17, 15) is 8.42 Å². The maximum atomic E-state index is 12.5. The summed E-state index contributed by atoms with van der Waals surface area (Å²) in [4.78, 5) is 0.0959. The SMILES string of the molecule is Cc1ccc(S(=O)(=O)OCC2OC(C)(C)O[C@H]3C4OC(C)(C)O[C@H]4O[C@H]23)cc1. The molecule has 0 radical (unpaired) electrons. The molecule has 3 saturated heterocycles. The first-order chi connectivity index (χ1) is 13.0. The van der Waals surface area contributed by atoms with Crippen molar-refractivity contribution in [2.24, 2.45) is 0 Å². The average Bonchev–Trinajstić information content (AvgIpc) is 3.05. The third-order valence-electron chi connectivity index (χ3n) is 4.95. The van der Waals surface area contributed by atoms with Gasteiger partial charge in [0.1, 0.15) is 24.4 Å². The van der Waals surface area contributed by atoms with E-state index >= 15 is 0 Å². The van der Waals surface area contributed by atoms with Crippen molar-refractivity contribution in [1.29, 1.82) is 0 Å². The minimum Gasteiger partial charge on any atom is -0.342 e. The number of ether oxygens (including phenoxy) is 5. The molecular formula is C19H26O8S. The summed E-state index contributed by atoms with van der Waals surface area (Å²) >= 11 is 0. The maximum Gasteiger partial charge on any atom is 0.297 e. The highest BCUT2D eigenvalue weighted by Crippen LogP contribution is 2.44. The molecule has 0 aromatic heterocycles. The number of rotatable bonds is 4. The van der Waals surface area contributed by atoms with Crippen molar-refractivity contribution >= 4 is 10.1 Å². The lowest BCUT2D eigenvalue weighted by atomic mass is 10.0. The highest BCUT2D eigenvalue weighted by atomic mass is 32.2. The summed E-state index contributed by atoms with van der Waals surface area (Å²) in [5.41, 5.74) is 0.963. The van der Waals surface area contributed by atoms with E-state index in [1.54, 1.807) is 26.0 Å². The first kappa shape index (κ1) is 20.2. The Morgan fingerprint density at radius 2 is 1.50 bits per heavy atom. The van der Waals surface area contributed by atoms with Crippen LogP contribution in [0.5, 0.6) is 0 Å². The van der Waals surface area contributed by atoms with Crippen molar-refractivity contribution < 1.29 is 36.3 Å². The van der Waals surface area contributed by atoms with Crippen LogP contribution < -0.4 is 0 Å². The highest BCUT2D eigenvalue weighted by Gasteiger charge is 2.61. The van der Waals surface area contributed by atoms with Gasteiger partial charge in [-0.25, -0.2) is 0 Å². The molecule has 0 bridgehead atoms. The first-order valence-corrected chi connectivity index (χ1v) is 10.7. The second-order valence-corrected chi connectivity index (χ2v) is 9.87. The molecule has 3 aliphatic heterocycles. The molecule has 0 saturated carbocycles. The Bertz CT molecular complexity index is 832. The minimum atomic E-state index is -3.92. The zero-order valence-electron chi connectivity index (χ0n) is 16.6. The van der Waals surface area contributed by atoms with Crippen molar-refractivity contribution in [1.82, 2.24) is 0 Å². The van der Waals surface area contributed by atoms with Gasteiger partial charge in [0.05, 0.1) is 11.5 Å². The van der Waals surface area contributed by atoms with E-state index in [0.29, 0.717) is 0 Å². The van der Waals surface area contributed by atoms with E-state index in [0.717, 1.165) is 5.56 Å². The molecule has 3 aliphatic rings. The van der Waals surface area contributed by atoms with Gasteiger partial charge >= 0.3 is 0 Å². The van der Waals surface area contributed by atoms with Gasteiger partial charge in [0.2, 0.25) is 0 Å². The van der Waals surface area contributed by atoms with Crippen molar-refractivity contribution in [3.05, 3.63) is 29.8 Å². The molecule has 8 nitrogen and oxygen atoms in total. The number of aryl methyl sites for hydroxylation is 1. The van der Waals surface area contributed by atoms with Crippen LogP contribution in [0.15, 0.2) is 29.2 Å². The number of fused-ring (bicyclic) bond motifs is 3. The van der Waals surface area contributed by atoms with E-state index in [4.69, 9.17) is 27.9 Å². The molecule has 156 valence electrons. The zero-order valence-corrected chi connectivity index (χ0v) is 17.4. The third kappa shape index (κ3) is 3.85. The zero-order chi connectivity index (χ0) is 20.3.